The molecule has 1 aromatic carbocycles. The van der Waals surface area contributed by atoms with Crippen LogP contribution in [0.1, 0.15) is 52.1 Å². The number of thiophene rings is 1. The van der Waals surface area contributed by atoms with Crippen molar-refractivity contribution in [3.05, 3.63) is 52.2 Å². The van der Waals surface area contributed by atoms with E-state index in [4.69, 9.17) is 0 Å². The van der Waals surface area contributed by atoms with Crippen molar-refractivity contribution in [3.8, 4) is 0 Å². The monoisotopic (exact) mass is 412 g/mol. The summed E-state index contributed by atoms with van der Waals surface area (Å²) in [7, 11) is 0. The van der Waals surface area contributed by atoms with Crippen LogP contribution in [0.4, 0.5) is 10.5 Å². The molecule has 0 radical (unpaired) electrons. The zero-order valence-corrected chi connectivity index (χ0v) is 16.4. The summed E-state index contributed by atoms with van der Waals surface area (Å²) in [5, 5.41) is 8.04. The minimum absolute atomic E-state index is 0.221. The largest absolute Gasteiger partial charge is 0.344 e. The fourth-order valence-electron chi connectivity index (χ4n) is 3.72. The van der Waals surface area contributed by atoms with E-state index in [9.17, 15) is 19.2 Å². The van der Waals surface area contributed by atoms with Gasteiger partial charge in [-0.3, -0.25) is 19.8 Å². The maximum atomic E-state index is 12.8. The van der Waals surface area contributed by atoms with Gasteiger partial charge in [0.05, 0.1) is 4.88 Å². The van der Waals surface area contributed by atoms with Crippen LogP contribution < -0.4 is 16.1 Å². The molecule has 5 amide bonds. The number of carbonyl (C=O) groups is 4. The quantitative estimate of drug-likeness (QED) is 0.671. The van der Waals surface area contributed by atoms with Gasteiger partial charge in [-0.1, -0.05) is 31.4 Å². The van der Waals surface area contributed by atoms with Crippen molar-refractivity contribution < 1.29 is 19.2 Å². The number of hydrazine groups is 1. The predicted molar refractivity (Wildman–Crippen MR) is 107 cm³/mol. The van der Waals surface area contributed by atoms with Crippen molar-refractivity contribution in [2.45, 2.75) is 37.6 Å². The van der Waals surface area contributed by atoms with E-state index >= 15 is 0 Å². The molecule has 2 aliphatic rings. The van der Waals surface area contributed by atoms with E-state index in [2.05, 4.69) is 16.1 Å². The van der Waals surface area contributed by atoms with Gasteiger partial charge >= 0.3 is 6.03 Å². The van der Waals surface area contributed by atoms with Crippen molar-refractivity contribution >= 4 is 40.8 Å². The first-order valence-electron chi connectivity index (χ1n) is 9.41. The Morgan fingerprint density at radius 2 is 1.83 bits per heavy atom. The average molecular weight is 412 g/mol. The Labute approximate surface area is 171 Å². The van der Waals surface area contributed by atoms with Crippen molar-refractivity contribution in [2.75, 3.05) is 5.32 Å². The molecule has 2 fully saturated rings. The molecule has 1 saturated carbocycles. The van der Waals surface area contributed by atoms with Gasteiger partial charge in [-0.2, -0.15) is 5.01 Å². The maximum absolute atomic E-state index is 12.8. The van der Waals surface area contributed by atoms with Gasteiger partial charge in [0.2, 0.25) is 0 Å². The number of imide groups is 1. The molecule has 0 bridgehead atoms. The Morgan fingerprint density at radius 1 is 1.03 bits per heavy atom. The first-order valence-corrected chi connectivity index (χ1v) is 10.3. The highest BCUT2D eigenvalue weighted by atomic mass is 32.1. The lowest BCUT2D eigenvalue weighted by molar-refractivity contribution is -0.134. The van der Waals surface area contributed by atoms with Gasteiger partial charge in [0.1, 0.15) is 5.54 Å². The first-order chi connectivity index (χ1) is 14.0. The van der Waals surface area contributed by atoms with Crippen molar-refractivity contribution in [1.29, 1.82) is 0 Å². The number of anilines is 1. The van der Waals surface area contributed by atoms with E-state index in [-0.39, 0.29) is 11.5 Å². The fraction of sp³-hybridized carbons (Fsp3) is 0.300. The molecule has 2 aromatic rings. The molecule has 150 valence electrons. The maximum Gasteiger partial charge on any atom is 0.344 e. The van der Waals surface area contributed by atoms with Crippen LogP contribution in [-0.2, 0) is 4.79 Å². The van der Waals surface area contributed by atoms with Crippen LogP contribution in [0.2, 0.25) is 0 Å². The highest BCUT2D eigenvalue weighted by Crippen LogP contribution is 2.33. The van der Waals surface area contributed by atoms with Gasteiger partial charge in [0.15, 0.2) is 0 Å². The molecule has 0 atom stereocenters. The minimum atomic E-state index is -0.904. The van der Waals surface area contributed by atoms with E-state index in [1.165, 1.54) is 17.4 Å². The number of nitrogens with one attached hydrogen (secondary N) is 3. The Morgan fingerprint density at radius 3 is 2.55 bits per heavy atom. The third-order valence-electron chi connectivity index (χ3n) is 5.21. The smallest absolute Gasteiger partial charge is 0.322 e. The molecule has 3 N–H and O–H groups in total. The number of carbonyl (C=O) groups excluding carboxylic acids is 4. The Hall–Kier alpha value is -3.20. The van der Waals surface area contributed by atoms with Crippen molar-refractivity contribution in [2.24, 2.45) is 0 Å². The van der Waals surface area contributed by atoms with Crippen LogP contribution in [-0.4, -0.2) is 34.3 Å². The standard InChI is InChI=1S/C20H20N4O4S/c25-16(23-24-18(27)20(22-19(24)28)9-2-1-3-10-20)13-6-4-7-14(12-13)21-17(26)15-8-5-11-29-15/h4-8,11-12H,1-3,9-10H2,(H,21,26)(H,22,28)(H,23,25). The molecule has 1 saturated heterocycles. The third kappa shape index (κ3) is 3.73. The van der Waals surface area contributed by atoms with Crippen LogP contribution in [0, 0.1) is 0 Å². The van der Waals surface area contributed by atoms with Crippen LogP contribution in [0.3, 0.4) is 0 Å². The lowest BCUT2D eigenvalue weighted by Gasteiger charge is -2.30. The molecule has 29 heavy (non-hydrogen) atoms. The Kier molecular flexibility index (Phi) is 5.06. The first kappa shape index (κ1) is 19.1. The summed E-state index contributed by atoms with van der Waals surface area (Å²) in [6.07, 6.45) is 3.91. The normalized spacial score (nSPS) is 17.9. The molecular formula is C20H20N4O4S. The van der Waals surface area contributed by atoms with Crippen LogP contribution in [0.25, 0.3) is 0 Å². The highest BCUT2D eigenvalue weighted by Gasteiger charge is 2.52. The summed E-state index contributed by atoms with van der Waals surface area (Å²) in [5.74, 6) is -1.29. The van der Waals surface area contributed by atoms with Gasteiger partial charge in [-0.25, -0.2) is 4.79 Å². The summed E-state index contributed by atoms with van der Waals surface area (Å²) in [4.78, 5) is 50.4. The third-order valence-corrected chi connectivity index (χ3v) is 6.08. The zero-order valence-electron chi connectivity index (χ0n) is 15.6. The van der Waals surface area contributed by atoms with Gasteiger partial charge in [0.25, 0.3) is 17.7 Å². The predicted octanol–water partition coefficient (Wildman–Crippen LogP) is 2.90. The van der Waals surface area contributed by atoms with E-state index in [0.29, 0.717) is 23.4 Å². The highest BCUT2D eigenvalue weighted by molar-refractivity contribution is 7.12. The zero-order chi connectivity index (χ0) is 20.4. The van der Waals surface area contributed by atoms with Crippen LogP contribution in [0.15, 0.2) is 41.8 Å². The number of amides is 5. The Balaban J connectivity index is 1.45. The number of nitrogens with zero attached hydrogens (tertiary/aromatic N) is 1. The second-order valence-electron chi connectivity index (χ2n) is 7.17. The molecule has 1 aliphatic heterocycles. The lowest BCUT2D eigenvalue weighted by Crippen LogP contribution is -2.50. The van der Waals surface area contributed by atoms with Gasteiger partial charge in [-0.05, 0) is 42.5 Å². The van der Waals surface area contributed by atoms with E-state index < -0.39 is 23.4 Å². The van der Waals surface area contributed by atoms with Gasteiger partial charge < -0.3 is 10.6 Å². The number of hydrogen-bond acceptors (Lipinski definition) is 5. The minimum Gasteiger partial charge on any atom is -0.322 e. The molecule has 8 nitrogen and oxygen atoms in total. The summed E-state index contributed by atoms with van der Waals surface area (Å²) >= 11 is 1.31. The lowest BCUT2D eigenvalue weighted by atomic mass is 9.82. The molecule has 1 aliphatic carbocycles. The summed E-state index contributed by atoms with van der Waals surface area (Å²) in [5.41, 5.74) is 2.16. The molecule has 1 spiro atoms. The van der Waals surface area contributed by atoms with E-state index in [1.807, 2.05) is 0 Å². The van der Waals surface area contributed by atoms with Crippen LogP contribution >= 0.6 is 11.3 Å². The van der Waals surface area contributed by atoms with E-state index in [0.717, 1.165) is 24.3 Å². The van der Waals surface area contributed by atoms with Crippen molar-refractivity contribution in [3.63, 3.8) is 0 Å². The molecule has 9 heteroatoms. The second kappa shape index (κ2) is 7.67. The number of benzene rings is 1. The van der Waals surface area contributed by atoms with Gasteiger partial charge in [0, 0.05) is 11.3 Å². The van der Waals surface area contributed by atoms with Gasteiger partial charge in [-0.15, -0.1) is 11.3 Å². The van der Waals surface area contributed by atoms with Crippen molar-refractivity contribution in [1.82, 2.24) is 15.8 Å². The summed E-state index contributed by atoms with van der Waals surface area (Å²) in [6, 6.07) is 9.18. The summed E-state index contributed by atoms with van der Waals surface area (Å²) < 4.78 is 0. The SMILES string of the molecule is O=C(NN1C(=O)NC2(CCCCC2)C1=O)c1cccc(NC(=O)c2cccs2)c1. The second-order valence-corrected chi connectivity index (χ2v) is 8.11. The molecule has 2 heterocycles. The number of hydrogen-bond donors (Lipinski definition) is 3. The molecule has 0 unspecified atom stereocenters. The molecular weight excluding hydrogens is 392 g/mol. The fourth-order valence-corrected chi connectivity index (χ4v) is 4.34. The molecule has 1 aromatic heterocycles. The number of rotatable bonds is 4. The van der Waals surface area contributed by atoms with Crippen LogP contribution in [0.5, 0.6) is 0 Å². The summed E-state index contributed by atoms with van der Waals surface area (Å²) in [6.45, 7) is 0. The number of urea groups is 1. The molecule has 4 rings (SSSR count). The topological polar surface area (TPSA) is 108 Å². The Bertz CT molecular complexity index is 967. The van der Waals surface area contributed by atoms with E-state index in [1.54, 1.807) is 35.7 Å². The average Bonchev–Trinajstić information content (AvgIpc) is 3.33.